The van der Waals surface area contributed by atoms with Crippen molar-refractivity contribution in [1.29, 1.82) is 0 Å². The van der Waals surface area contributed by atoms with Gasteiger partial charge in [0.15, 0.2) is 5.65 Å². The summed E-state index contributed by atoms with van der Waals surface area (Å²) in [5.74, 6) is 0. The van der Waals surface area contributed by atoms with E-state index in [2.05, 4.69) is 14.5 Å². The molecule has 0 saturated carbocycles. The summed E-state index contributed by atoms with van der Waals surface area (Å²) in [6.07, 6.45) is 3.20. The number of fused-ring (bicyclic) bond motifs is 1. The molecular weight excluding hydrogens is 372 g/mol. The Hall–Kier alpha value is -2.25. The molecule has 3 aromatic rings. The highest BCUT2D eigenvalue weighted by Crippen LogP contribution is 2.27. The highest BCUT2D eigenvalue weighted by molar-refractivity contribution is 7.91. The Morgan fingerprint density at radius 2 is 1.85 bits per heavy atom. The number of halogens is 1. The number of hydrogen-bond acceptors (Lipinski definition) is 4. The molecule has 0 aliphatic heterocycles. The maximum absolute atomic E-state index is 12.5. The van der Waals surface area contributed by atoms with E-state index in [4.69, 9.17) is 11.6 Å². The van der Waals surface area contributed by atoms with Crippen molar-refractivity contribution < 1.29 is 8.42 Å². The molecular formula is C18H19ClN4O2S. The van der Waals surface area contributed by atoms with Gasteiger partial charge in [-0.1, -0.05) is 41.9 Å². The molecule has 6 nitrogen and oxygen atoms in total. The van der Waals surface area contributed by atoms with Gasteiger partial charge in [-0.25, -0.2) is 17.9 Å². The molecule has 0 N–H and O–H groups in total. The Morgan fingerprint density at radius 1 is 1.19 bits per heavy atom. The zero-order valence-electron chi connectivity index (χ0n) is 14.9. The molecule has 3 rings (SSSR count). The number of rotatable bonds is 3. The van der Waals surface area contributed by atoms with Crippen LogP contribution in [0.4, 0.5) is 0 Å². The van der Waals surface area contributed by atoms with Crippen LogP contribution in [-0.2, 0) is 10.0 Å². The molecule has 0 saturated heterocycles. The summed E-state index contributed by atoms with van der Waals surface area (Å²) in [5.41, 5.74) is 2.87. The van der Waals surface area contributed by atoms with Gasteiger partial charge in [-0.2, -0.15) is 9.50 Å². The molecule has 2 aromatic heterocycles. The molecule has 0 aliphatic rings. The second-order valence-electron chi connectivity index (χ2n) is 6.89. The summed E-state index contributed by atoms with van der Waals surface area (Å²) in [4.78, 5) is 4.61. The minimum Gasteiger partial charge on any atom is -0.226 e. The molecule has 1 aromatic carbocycles. The lowest BCUT2D eigenvalue weighted by atomic mass is 10.0. The third kappa shape index (κ3) is 3.37. The molecule has 8 heteroatoms. The minimum absolute atomic E-state index is 0.347. The first kappa shape index (κ1) is 18.5. The predicted molar refractivity (Wildman–Crippen MR) is 104 cm³/mol. The van der Waals surface area contributed by atoms with Crippen LogP contribution in [0.5, 0.6) is 0 Å². The van der Waals surface area contributed by atoms with Crippen molar-refractivity contribution in [3.63, 3.8) is 0 Å². The quantitative estimate of drug-likeness (QED) is 0.633. The van der Waals surface area contributed by atoms with Crippen molar-refractivity contribution in [3.8, 4) is 11.3 Å². The molecule has 0 spiro atoms. The average molecular weight is 391 g/mol. The molecule has 0 aliphatic carbocycles. The van der Waals surface area contributed by atoms with Crippen molar-refractivity contribution in [2.75, 3.05) is 0 Å². The Labute approximate surface area is 157 Å². The van der Waals surface area contributed by atoms with Crippen molar-refractivity contribution in [2.24, 2.45) is 4.40 Å². The van der Waals surface area contributed by atoms with Crippen LogP contribution in [0, 0.1) is 0 Å². The van der Waals surface area contributed by atoms with Gasteiger partial charge in [-0.05, 0) is 27.7 Å². The lowest BCUT2D eigenvalue weighted by Crippen LogP contribution is -2.26. The van der Waals surface area contributed by atoms with Crippen molar-refractivity contribution in [2.45, 2.75) is 32.4 Å². The summed E-state index contributed by atoms with van der Waals surface area (Å²) < 4.78 is 29.6. The standard InChI is InChI=1S/C18H19ClN4O2S/c1-12(22-26(24,25)18(2,3)4)14-11-23-17(15(19)10-20-23)21-16(14)13-8-6-5-7-9-13/h5-11H,1-4H3/b22-12+. The van der Waals surface area contributed by atoms with E-state index in [9.17, 15) is 8.42 Å². The van der Waals surface area contributed by atoms with Crippen LogP contribution >= 0.6 is 11.6 Å². The van der Waals surface area contributed by atoms with Gasteiger partial charge in [-0.15, -0.1) is 0 Å². The van der Waals surface area contributed by atoms with Gasteiger partial charge in [0, 0.05) is 17.3 Å². The van der Waals surface area contributed by atoms with Gasteiger partial charge >= 0.3 is 0 Å². The van der Waals surface area contributed by atoms with Crippen molar-refractivity contribution in [1.82, 2.24) is 14.6 Å². The number of hydrogen-bond donors (Lipinski definition) is 0. The van der Waals surface area contributed by atoms with Crippen LogP contribution in [0.1, 0.15) is 33.3 Å². The Kier molecular flexibility index (Phi) is 4.62. The number of benzene rings is 1. The smallest absolute Gasteiger partial charge is 0.226 e. The Bertz CT molecular complexity index is 1100. The summed E-state index contributed by atoms with van der Waals surface area (Å²) >= 11 is 6.16. The second kappa shape index (κ2) is 6.48. The molecule has 136 valence electrons. The third-order valence-electron chi connectivity index (χ3n) is 3.92. The topological polar surface area (TPSA) is 76.7 Å². The SMILES string of the molecule is C/C(=N\S(=O)(=O)C(C)(C)C)c1cn2ncc(Cl)c2nc1-c1ccccc1. The molecule has 0 fully saturated rings. The molecule has 0 atom stereocenters. The van der Waals surface area contributed by atoms with Gasteiger partial charge in [0.2, 0.25) is 0 Å². The normalized spacial score (nSPS) is 13.3. The highest BCUT2D eigenvalue weighted by Gasteiger charge is 2.29. The van der Waals surface area contributed by atoms with Crippen molar-refractivity contribution >= 4 is 33.0 Å². The molecule has 26 heavy (non-hydrogen) atoms. The van der Waals surface area contributed by atoms with E-state index in [1.165, 1.54) is 10.7 Å². The maximum Gasteiger partial charge on any atom is 0.258 e. The predicted octanol–water partition coefficient (Wildman–Crippen LogP) is 3.99. The summed E-state index contributed by atoms with van der Waals surface area (Å²) in [5, 5.41) is 4.58. The van der Waals surface area contributed by atoms with Gasteiger partial charge in [0.05, 0.1) is 22.3 Å². The van der Waals surface area contributed by atoms with Crippen LogP contribution in [-0.4, -0.2) is 33.5 Å². The van der Waals surface area contributed by atoms with Crippen LogP contribution in [0.25, 0.3) is 16.9 Å². The fourth-order valence-corrected chi connectivity index (χ4v) is 3.24. The van der Waals surface area contributed by atoms with Gasteiger partial charge < -0.3 is 0 Å². The Morgan fingerprint density at radius 3 is 2.46 bits per heavy atom. The lowest BCUT2D eigenvalue weighted by Gasteiger charge is -2.16. The summed E-state index contributed by atoms with van der Waals surface area (Å²) in [6.45, 7) is 6.51. The third-order valence-corrected chi connectivity index (χ3v) is 6.25. The second-order valence-corrected chi connectivity index (χ2v) is 9.66. The zero-order valence-corrected chi connectivity index (χ0v) is 16.5. The van der Waals surface area contributed by atoms with Gasteiger partial charge in [0.1, 0.15) is 5.02 Å². The fraction of sp³-hybridized carbons (Fsp3) is 0.278. The number of sulfonamides is 1. The van der Waals surface area contributed by atoms with E-state index in [-0.39, 0.29) is 0 Å². The first-order valence-corrected chi connectivity index (χ1v) is 9.83. The molecule has 0 unspecified atom stereocenters. The van der Waals surface area contributed by atoms with Gasteiger partial charge in [0.25, 0.3) is 10.0 Å². The minimum atomic E-state index is -3.69. The van der Waals surface area contributed by atoms with E-state index in [0.29, 0.717) is 27.6 Å². The highest BCUT2D eigenvalue weighted by atomic mass is 35.5. The fourth-order valence-electron chi connectivity index (χ4n) is 2.33. The largest absolute Gasteiger partial charge is 0.258 e. The average Bonchev–Trinajstić information content (AvgIpc) is 2.93. The van der Waals surface area contributed by atoms with Crippen molar-refractivity contribution in [3.05, 3.63) is 53.3 Å². The zero-order chi connectivity index (χ0) is 19.1. The maximum atomic E-state index is 12.5. The van der Waals surface area contributed by atoms with E-state index >= 15 is 0 Å². The molecule has 0 bridgehead atoms. The van der Waals surface area contributed by atoms with E-state index in [0.717, 1.165) is 5.56 Å². The number of aromatic nitrogens is 3. The monoisotopic (exact) mass is 390 g/mol. The molecule has 0 radical (unpaired) electrons. The van der Waals surface area contributed by atoms with E-state index in [1.807, 2.05) is 30.3 Å². The van der Waals surface area contributed by atoms with Crippen LogP contribution in [0.15, 0.2) is 47.1 Å². The van der Waals surface area contributed by atoms with E-state index in [1.54, 1.807) is 33.9 Å². The van der Waals surface area contributed by atoms with Gasteiger partial charge in [-0.3, -0.25) is 0 Å². The first-order valence-electron chi connectivity index (χ1n) is 8.01. The van der Waals surface area contributed by atoms with Crippen LogP contribution in [0.3, 0.4) is 0 Å². The summed E-state index contributed by atoms with van der Waals surface area (Å²) in [6, 6.07) is 9.48. The van der Waals surface area contributed by atoms with Crippen LogP contribution < -0.4 is 0 Å². The van der Waals surface area contributed by atoms with Crippen LogP contribution in [0.2, 0.25) is 5.02 Å². The Balaban J connectivity index is 2.28. The number of nitrogens with zero attached hydrogens (tertiary/aromatic N) is 4. The van der Waals surface area contributed by atoms with E-state index < -0.39 is 14.8 Å². The lowest BCUT2D eigenvalue weighted by molar-refractivity contribution is 0.562. The summed E-state index contributed by atoms with van der Waals surface area (Å²) in [7, 11) is -3.69. The first-order chi connectivity index (χ1) is 12.1. The molecule has 0 amide bonds. The molecule has 2 heterocycles.